The molecule has 0 spiro atoms. The minimum Gasteiger partial charge on any atom is -0.381 e. The molecule has 0 heterocycles. The summed E-state index contributed by atoms with van der Waals surface area (Å²) in [6, 6.07) is 0. The van der Waals surface area contributed by atoms with E-state index in [4.69, 9.17) is 15.2 Å². The quantitative estimate of drug-likeness (QED) is 0.530. The number of amides is 1. The first-order valence-corrected chi connectivity index (χ1v) is 5.34. The molecule has 5 nitrogen and oxygen atoms in total. The van der Waals surface area contributed by atoms with E-state index in [-0.39, 0.29) is 12.5 Å². The van der Waals surface area contributed by atoms with E-state index in [0.717, 1.165) is 19.4 Å². The van der Waals surface area contributed by atoms with Gasteiger partial charge in [-0.2, -0.15) is 0 Å². The van der Waals surface area contributed by atoms with Crippen molar-refractivity contribution in [3.8, 4) is 0 Å². The van der Waals surface area contributed by atoms with Gasteiger partial charge in [0.15, 0.2) is 0 Å². The molecule has 0 saturated carbocycles. The van der Waals surface area contributed by atoms with Crippen LogP contribution < -0.4 is 11.1 Å². The molecule has 90 valence electrons. The van der Waals surface area contributed by atoms with Crippen LogP contribution in [0.2, 0.25) is 0 Å². The number of rotatable bonds is 9. The van der Waals surface area contributed by atoms with Crippen LogP contribution in [0.5, 0.6) is 0 Å². The van der Waals surface area contributed by atoms with Crippen molar-refractivity contribution in [2.75, 3.05) is 33.4 Å². The maximum atomic E-state index is 11.3. The van der Waals surface area contributed by atoms with E-state index in [0.29, 0.717) is 13.2 Å². The van der Waals surface area contributed by atoms with Gasteiger partial charge in [-0.3, -0.25) is 4.79 Å². The van der Waals surface area contributed by atoms with Crippen molar-refractivity contribution in [2.24, 2.45) is 5.73 Å². The second kappa shape index (κ2) is 9.89. The molecular weight excluding hydrogens is 196 g/mol. The standard InChI is InChI=1S/C10H22N2O3/c1-3-6-15-7-4-5-12-10(13)9(8-11)14-2/h9H,3-8,11H2,1-2H3,(H,12,13). The van der Waals surface area contributed by atoms with Crippen molar-refractivity contribution in [3.63, 3.8) is 0 Å². The molecule has 0 aliphatic rings. The zero-order valence-electron chi connectivity index (χ0n) is 9.62. The largest absolute Gasteiger partial charge is 0.381 e. The lowest BCUT2D eigenvalue weighted by atomic mass is 10.3. The summed E-state index contributed by atoms with van der Waals surface area (Å²) < 4.78 is 10.2. The van der Waals surface area contributed by atoms with Crippen LogP contribution >= 0.6 is 0 Å². The van der Waals surface area contributed by atoms with Crippen molar-refractivity contribution in [2.45, 2.75) is 25.9 Å². The fourth-order valence-corrected chi connectivity index (χ4v) is 1.06. The predicted molar refractivity (Wildman–Crippen MR) is 58.6 cm³/mol. The van der Waals surface area contributed by atoms with Crippen molar-refractivity contribution in [1.82, 2.24) is 5.32 Å². The van der Waals surface area contributed by atoms with Gasteiger partial charge in [-0.25, -0.2) is 0 Å². The number of hydrogen-bond donors (Lipinski definition) is 2. The average molecular weight is 218 g/mol. The fourth-order valence-electron chi connectivity index (χ4n) is 1.06. The number of nitrogens with two attached hydrogens (primary N) is 1. The second-order valence-corrected chi connectivity index (χ2v) is 3.22. The highest BCUT2D eigenvalue weighted by Crippen LogP contribution is 1.88. The number of methoxy groups -OCH3 is 1. The number of carbonyl (C=O) groups excluding carboxylic acids is 1. The summed E-state index contributed by atoms with van der Waals surface area (Å²) in [6.07, 6.45) is 1.29. The molecule has 15 heavy (non-hydrogen) atoms. The molecular formula is C10H22N2O3. The fraction of sp³-hybridized carbons (Fsp3) is 0.900. The predicted octanol–water partition coefficient (Wildman–Crippen LogP) is -0.107. The third kappa shape index (κ3) is 7.30. The smallest absolute Gasteiger partial charge is 0.250 e. The topological polar surface area (TPSA) is 73.6 Å². The molecule has 0 aromatic carbocycles. The number of ether oxygens (including phenoxy) is 2. The zero-order chi connectivity index (χ0) is 11.5. The van der Waals surface area contributed by atoms with Crippen LogP contribution in [0, 0.1) is 0 Å². The first-order chi connectivity index (χ1) is 7.26. The highest BCUT2D eigenvalue weighted by Gasteiger charge is 2.14. The summed E-state index contributed by atoms with van der Waals surface area (Å²) in [5.41, 5.74) is 5.34. The van der Waals surface area contributed by atoms with E-state index < -0.39 is 6.10 Å². The van der Waals surface area contributed by atoms with Gasteiger partial charge in [0.25, 0.3) is 0 Å². The Morgan fingerprint density at radius 2 is 2.20 bits per heavy atom. The molecule has 5 heteroatoms. The number of carbonyl (C=O) groups is 1. The van der Waals surface area contributed by atoms with Crippen LogP contribution in [-0.2, 0) is 14.3 Å². The van der Waals surface area contributed by atoms with Gasteiger partial charge in [-0.15, -0.1) is 0 Å². The van der Waals surface area contributed by atoms with Gasteiger partial charge in [0.05, 0.1) is 0 Å². The summed E-state index contributed by atoms with van der Waals surface area (Å²) >= 11 is 0. The van der Waals surface area contributed by atoms with Crippen LogP contribution in [0.25, 0.3) is 0 Å². The summed E-state index contributed by atoms with van der Waals surface area (Å²) in [5.74, 6) is -0.157. The minimum atomic E-state index is -0.540. The van der Waals surface area contributed by atoms with Gasteiger partial charge in [0, 0.05) is 33.4 Å². The molecule has 1 amide bonds. The summed E-state index contributed by atoms with van der Waals surface area (Å²) in [5, 5.41) is 2.74. The van der Waals surface area contributed by atoms with Crippen molar-refractivity contribution >= 4 is 5.91 Å². The third-order valence-corrected chi connectivity index (χ3v) is 1.90. The van der Waals surface area contributed by atoms with E-state index in [1.807, 2.05) is 0 Å². The van der Waals surface area contributed by atoms with E-state index in [1.165, 1.54) is 7.11 Å². The Morgan fingerprint density at radius 3 is 2.73 bits per heavy atom. The molecule has 0 saturated heterocycles. The Bertz CT molecular complexity index is 161. The van der Waals surface area contributed by atoms with Gasteiger partial charge in [-0.05, 0) is 12.8 Å². The maximum Gasteiger partial charge on any atom is 0.250 e. The van der Waals surface area contributed by atoms with E-state index in [1.54, 1.807) is 0 Å². The van der Waals surface area contributed by atoms with Crippen LogP contribution in [0.3, 0.4) is 0 Å². The van der Waals surface area contributed by atoms with Gasteiger partial charge in [0.1, 0.15) is 6.10 Å². The SMILES string of the molecule is CCCOCCCNC(=O)C(CN)OC. The molecule has 0 aliphatic heterocycles. The Hall–Kier alpha value is -0.650. The monoisotopic (exact) mass is 218 g/mol. The molecule has 0 rings (SSSR count). The molecule has 0 aromatic rings. The van der Waals surface area contributed by atoms with Gasteiger partial charge < -0.3 is 20.5 Å². The molecule has 3 N–H and O–H groups in total. The summed E-state index contributed by atoms with van der Waals surface area (Å²) in [4.78, 5) is 11.3. The van der Waals surface area contributed by atoms with Crippen LogP contribution in [0.15, 0.2) is 0 Å². The zero-order valence-corrected chi connectivity index (χ0v) is 9.62. The van der Waals surface area contributed by atoms with Crippen molar-refractivity contribution < 1.29 is 14.3 Å². The third-order valence-electron chi connectivity index (χ3n) is 1.90. The normalized spacial score (nSPS) is 12.5. The second-order valence-electron chi connectivity index (χ2n) is 3.22. The van der Waals surface area contributed by atoms with Gasteiger partial charge in [-0.1, -0.05) is 6.92 Å². The summed E-state index contributed by atoms with van der Waals surface area (Å²) in [6.45, 7) is 4.31. The molecule has 0 bridgehead atoms. The summed E-state index contributed by atoms with van der Waals surface area (Å²) in [7, 11) is 1.47. The van der Waals surface area contributed by atoms with Crippen LogP contribution in [0.1, 0.15) is 19.8 Å². The lowest BCUT2D eigenvalue weighted by molar-refractivity contribution is -0.130. The Balaban J connectivity index is 3.38. The Labute approximate surface area is 91.3 Å². The van der Waals surface area contributed by atoms with E-state index in [9.17, 15) is 4.79 Å². The Kier molecular flexibility index (Phi) is 9.46. The first-order valence-electron chi connectivity index (χ1n) is 5.34. The first kappa shape index (κ1) is 14.3. The van der Waals surface area contributed by atoms with E-state index in [2.05, 4.69) is 12.2 Å². The molecule has 0 aliphatic carbocycles. The van der Waals surface area contributed by atoms with Crippen molar-refractivity contribution in [3.05, 3.63) is 0 Å². The number of hydrogen-bond acceptors (Lipinski definition) is 4. The van der Waals surface area contributed by atoms with Gasteiger partial charge >= 0.3 is 0 Å². The van der Waals surface area contributed by atoms with Gasteiger partial charge in [0.2, 0.25) is 5.91 Å². The lowest BCUT2D eigenvalue weighted by Gasteiger charge is -2.12. The lowest BCUT2D eigenvalue weighted by Crippen LogP contribution is -2.41. The highest BCUT2D eigenvalue weighted by atomic mass is 16.5. The maximum absolute atomic E-state index is 11.3. The van der Waals surface area contributed by atoms with Crippen LogP contribution in [0.4, 0.5) is 0 Å². The minimum absolute atomic E-state index is 0.157. The molecule has 1 atom stereocenters. The van der Waals surface area contributed by atoms with Crippen molar-refractivity contribution in [1.29, 1.82) is 0 Å². The number of nitrogens with one attached hydrogen (secondary N) is 1. The molecule has 0 aromatic heterocycles. The average Bonchev–Trinajstić information content (AvgIpc) is 2.25. The molecule has 0 radical (unpaired) electrons. The molecule has 1 unspecified atom stereocenters. The Morgan fingerprint density at radius 1 is 1.47 bits per heavy atom. The van der Waals surface area contributed by atoms with Crippen LogP contribution in [-0.4, -0.2) is 45.4 Å². The molecule has 0 fully saturated rings. The van der Waals surface area contributed by atoms with E-state index >= 15 is 0 Å². The highest BCUT2D eigenvalue weighted by molar-refractivity contribution is 5.80.